The molecule has 1 aromatic carbocycles. The first-order chi connectivity index (χ1) is 12.1. The lowest BCUT2D eigenvalue weighted by Crippen LogP contribution is -2.40. The van der Waals surface area contributed by atoms with Crippen LogP contribution in [0.3, 0.4) is 0 Å². The van der Waals surface area contributed by atoms with Gasteiger partial charge in [-0.15, -0.1) is 11.3 Å². The SMILES string of the molecule is O=C(/C=C/c1ccccc1F)NNC(=O)c1cc2c(s1)CCCCC2. The van der Waals surface area contributed by atoms with E-state index in [0.29, 0.717) is 10.4 Å². The summed E-state index contributed by atoms with van der Waals surface area (Å²) in [7, 11) is 0. The highest BCUT2D eigenvalue weighted by Gasteiger charge is 2.16. The zero-order chi connectivity index (χ0) is 17.6. The second kappa shape index (κ2) is 8.07. The standard InChI is InChI=1S/C19H19FN2O2S/c20-15-8-5-4-6-13(15)10-11-18(23)21-22-19(24)17-12-14-7-2-1-3-9-16(14)25-17/h4-6,8,10-12H,1-3,7,9H2,(H,21,23)(H,22,24)/b11-10+. The Kier molecular flexibility index (Phi) is 5.60. The Hall–Kier alpha value is -2.47. The van der Waals surface area contributed by atoms with Gasteiger partial charge in [-0.25, -0.2) is 4.39 Å². The molecule has 2 N–H and O–H groups in total. The maximum atomic E-state index is 13.5. The minimum Gasteiger partial charge on any atom is -0.268 e. The predicted molar refractivity (Wildman–Crippen MR) is 96.6 cm³/mol. The van der Waals surface area contributed by atoms with E-state index in [9.17, 15) is 14.0 Å². The lowest BCUT2D eigenvalue weighted by molar-refractivity contribution is -0.117. The molecule has 0 unspecified atom stereocenters. The monoisotopic (exact) mass is 358 g/mol. The fourth-order valence-electron chi connectivity index (χ4n) is 2.78. The number of carbonyl (C=O) groups is 2. The highest BCUT2D eigenvalue weighted by molar-refractivity contribution is 7.14. The first-order valence-corrected chi connectivity index (χ1v) is 9.09. The molecule has 0 radical (unpaired) electrons. The fraction of sp³-hybridized carbons (Fsp3) is 0.263. The molecule has 0 saturated heterocycles. The molecular formula is C19H19FN2O2S. The van der Waals surface area contributed by atoms with E-state index in [1.165, 1.54) is 46.4 Å². The summed E-state index contributed by atoms with van der Waals surface area (Å²) >= 11 is 1.49. The summed E-state index contributed by atoms with van der Waals surface area (Å²) in [4.78, 5) is 25.8. The van der Waals surface area contributed by atoms with E-state index in [-0.39, 0.29) is 5.91 Å². The van der Waals surface area contributed by atoms with Crippen LogP contribution in [-0.4, -0.2) is 11.8 Å². The van der Waals surface area contributed by atoms with Crippen LogP contribution in [-0.2, 0) is 17.6 Å². The molecule has 1 aliphatic carbocycles. The lowest BCUT2D eigenvalue weighted by Gasteiger charge is -2.03. The van der Waals surface area contributed by atoms with Crippen LogP contribution in [0.4, 0.5) is 4.39 Å². The molecule has 1 heterocycles. The molecule has 3 rings (SSSR count). The molecular weight excluding hydrogens is 339 g/mol. The van der Waals surface area contributed by atoms with Crippen molar-refractivity contribution in [1.29, 1.82) is 0 Å². The largest absolute Gasteiger partial charge is 0.279 e. The summed E-state index contributed by atoms with van der Waals surface area (Å²) in [5, 5.41) is 0. The third-order valence-corrected chi connectivity index (χ3v) is 5.32. The average molecular weight is 358 g/mol. The summed E-state index contributed by atoms with van der Waals surface area (Å²) < 4.78 is 13.5. The van der Waals surface area contributed by atoms with Gasteiger partial charge in [-0.05, 0) is 49.5 Å². The number of thiophene rings is 1. The van der Waals surface area contributed by atoms with Crippen molar-refractivity contribution in [3.8, 4) is 0 Å². The van der Waals surface area contributed by atoms with Crippen molar-refractivity contribution in [2.24, 2.45) is 0 Å². The van der Waals surface area contributed by atoms with Crippen molar-refractivity contribution in [3.05, 3.63) is 63.1 Å². The Morgan fingerprint density at radius 3 is 2.72 bits per heavy atom. The summed E-state index contributed by atoms with van der Waals surface area (Å²) in [6.07, 6.45) is 8.12. The van der Waals surface area contributed by atoms with Gasteiger partial charge in [-0.2, -0.15) is 0 Å². The zero-order valence-electron chi connectivity index (χ0n) is 13.7. The number of benzene rings is 1. The number of hydrogen-bond acceptors (Lipinski definition) is 3. The van der Waals surface area contributed by atoms with Gasteiger partial charge in [0.05, 0.1) is 4.88 Å². The van der Waals surface area contributed by atoms with Crippen molar-refractivity contribution in [1.82, 2.24) is 10.9 Å². The number of aryl methyl sites for hydroxylation is 2. The van der Waals surface area contributed by atoms with Gasteiger partial charge in [-0.1, -0.05) is 24.6 Å². The van der Waals surface area contributed by atoms with Crippen LogP contribution in [0.15, 0.2) is 36.4 Å². The number of hydrazine groups is 1. The predicted octanol–water partition coefficient (Wildman–Crippen LogP) is 3.63. The van der Waals surface area contributed by atoms with E-state index in [2.05, 4.69) is 10.9 Å². The van der Waals surface area contributed by atoms with Gasteiger partial charge >= 0.3 is 0 Å². The third-order valence-electron chi connectivity index (χ3n) is 4.09. The molecule has 25 heavy (non-hydrogen) atoms. The van der Waals surface area contributed by atoms with Crippen molar-refractivity contribution in [3.63, 3.8) is 0 Å². The van der Waals surface area contributed by atoms with Gasteiger partial charge in [0.2, 0.25) is 0 Å². The van der Waals surface area contributed by atoms with E-state index in [1.807, 2.05) is 6.07 Å². The number of rotatable bonds is 3. The van der Waals surface area contributed by atoms with Crippen LogP contribution in [0.2, 0.25) is 0 Å². The number of nitrogens with one attached hydrogen (secondary N) is 2. The van der Waals surface area contributed by atoms with Crippen molar-refractivity contribution >= 4 is 29.2 Å². The Labute approximate surface area is 149 Å². The summed E-state index contributed by atoms with van der Waals surface area (Å²) in [6, 6.07) is 8.07. The van der Waals surface area contributed by atoms with Gasteiger partial charge in [0.1, 0.15) is 5.82 Å². The molecule has 2 aromatic rings. The Balaban J connectivity index is 1.55. The summed E-state index contributed by atoms with van der Waals surface area (Å²) in [5.74, 6) is -1.25. The van der Waals surface area contributed by atoms with E-state index in [0.717, 1.165) is 25.7 Å². The molecule has 0 saturated carbocycles. The first-order valence-electron chi connectivity index (χ1n) is 8.28. The van der Waals surface area contributed by atoms with Crippen molar-refractivity contribution in [2.75, 3.05) is 0 Å². The van der Waals surface area contributed by atoms with Gasteiger partial charge < -0.3 is 0 Å². The van der Waals surface area contributed by atoms with Gasteiger partial charge in [0.15, 0.2) is 0 Å². The molecule has 0 atom stereocenters. The van der Waals surface area contributed by atoms with Crippen LogP contribution in [0.5, 0.6) is 0 Å². The smallest absolute Gasteiger partial charge is 0.268 e. The zero-order valence-corrected chi connectivity index (χ0v) is 14.5. The Morgan fingerprint density at radius 2 is 1.88 bits per heavy atom. The molecule has 130 valence electrons. The average Bonchev–Trinajstić information content (AvgIpc) is 2.90. The lowest BCUT2D eigenvalue weighted by atomic mass is 10.1. The highest BCUT2D eigenvalue weighted by Crippen LogP contribution is 2.28. The van der Waals surface area contributed by atoms with Crippen LogP contribution in [0.1, 0.15) is 44.9 Å². The minimum atomic E-state index is -0.519. The Morgan fingerprint density at radius 1 is 1.08 bits per heavy atom. The molecule has 4 nitrogen and oxygen atoms in total. The normalized spacial score (nSPS) is 14.0. The molecule has 0 bridgehead atoms. The fourth-order valence-corrected chi connectivity index (χ4v) is 3.93. The molecule has 2 amide bonds. The third kappa shape index (κ3) is 4.54. The topological polar surface area (TPSA) is 58.2 Å². The summed E-state index contributed by atoms with van der Waals surface area (Å²) in [6.45, 7) is 0. The van der Waals surface area contributed by atoms with Crippen LogP contribution >= 0.6 is 11.3 Å². The quantitative estimate of drug-likeness (QED) is 0.500. The van der Waals surface area contributed by atoms with Gasteiger partial charge in [0, 0.05) is 16.5 Å². The highest BCUT2D eigenvalue weighted by atomic mass is 32.1. The van der Waals surface area contributed by atoms with E-state index >= 15 is 0 Å². The molecule has 0 spiro atoms. The van der Waals surface area contributed by atoms with Crippen LogP contribution in [0.25, 0.3) is 6.08 Å². The van der Waals surface area contributed by atoms with E-state index < -0.39 is 11.7 Å². The second-order valence-corrected chi connectivity index (χ2v) is 7.05. The summed E-state index contributed by atoms with van der Waals surface area (Å²) in [5.41, 5.74) is 6.28. The first kappa shape index (κ1) is 17.4. The maximum Gasteiger partial charge on any atom is 0.279 e. The molecule has 0 fully saturated rings. The number of halogens is 1. The maximum absolute atomic E-state index is 13.5. The van der Waals surface area contributed by atoms with E-state index in [1.54, 1.807) is 18.2 Å². The van der Waals surface area contributed by atoms with Crippen LogP contribution in [0, 0.1) is 5.82 Å². The molecule has 1 aromatic heterocycles. The number of carbonyl (C=O) groups excluding carboxylic acids is 2. The number of fused-ring (bicyclic) bond motifs is 1. The van der Waals surface area contributed by atoms with Gasteiger partial charge in [-0.3, -0.25) is 20.4 Å². The second-order valence-electron chi connectivity index (χ2n) is 5.92. The molecule has 1 aliphatic rings. The Bertz CT molecular complexity index is 790. The molecule has 6 heteroatoms. The van der Waals surface area contributed by atoms with Crippen molar-refractivity contribution < 1.29 is 14.0 Å². The number of hydrogen-bond donors (Lipinski definition) is 2. The minimum absolute atomic E-state index is 0.311. The van der Waals surface area contributed by atoms with Gasteiger partial charge in [0.25, 0.3) is 11.8 Å². The van der Waals surface area contributed by atoms with Crippen molar-refractivity contribution in [2.45, 2.75) is 32.1 Å². The van der Waals surface area contributed by atoms with E-state index in [4.69, 9.17) is 0 Å². The number of amides is 2. The molecule has 0 aliphatic heterocycles. The van der Waals surface area contributed by atoms with Crippen LogP contribution < -0.4 is 10.9 Å².